The van der Waals surface area contributed by atoms with Gasteiger partial charge in [-0.15, -0.1) is 0 Å². The van der Waals surface area contributed by atoms with E-state index >= 15 is 0 Å². The molecule has 0 fully saturated rings. The minimum Gasteiger partial charge on any atom is -0.465 e. The fraction of sp³-hybridized carbons (Fsp3) is 0.250. The zero-order valence-corrected chi connectivity index (χ0v) is 14.2. The van der Waals surface area contributed by atoms with Gasteiger partial charge in [0.05, 0.1) is 12.8 Å². The average Bonchev–Trinajstić information content (AvgIpc) is 3.09. The summed E-state index contributed by atoms with van der Waals surface area (Å²) in [6, 6.07) is 7.87. The van der Waals surface area contributed by atoms with E-state index in [1.165, 1.54) is 11.0 Å². The third kappa shape index (κ3) is 3.00. The van der Waals surface area contributed by atoms with E-state index in [9.17, 15) is 4.79 Å². The molecule has 8 heteroatoms. The number of benzene rings is 1. The topological polar surface area (TPSA) is 77.2 Å². The smallest absolute Gasteiger partial charge is 0.325 e. The van der Waals surface area contributed by atoms with Crippen molar-refractivity contribution < 1.29 is 9.53 Å². The lowest BCUT2D eigenvalue weighted by atomic mass is 10.1. The summed E-state index contributed by atoms with van der Waals surface area (Å²) in [7, 11) is 0. The number of ether oxygens (including phenoxy) is 1. The highest BCUT2D eigenvalue weighted by atomic mass is 32.1. The largest absolute Gasteiger partial charge is 0.465 e. The molecule has 0 aliphatic carbocycles. The van der Waals surface area contributed by atoms with Crippen molar-refractivity contribution in [3.63, 3.8) is 0 Å². The summed E-state index contributed by atoms with van der Waals surface area (Å²) in [5.74, 6) is -0.262. The number of nitrogens with zero attached hydrogens (tertiary/aromatic N) is 4. The monoisotopic (exact) mass is 343 g/mol. The molecule has 0 radical (unpaired) electrons. The molecule has 0 spiro atoms. The van der Waals surface area contributed by atoms with Crippen LogP contribution in [0.25, 0.3) is 10.9 Å². The van der Waals surface area contributed by atoms with Gasteiger partial charge in [-0.25, -0.2) is 0 Å². The number of carbonyl (C=O) groups is 1. The fourth-order valence-electron chi connectivity index (χ4n) is 2.60. The van der Waals surface area contributed by atoms with E-state index in [-0.39, 0.29) is 12.5 Å². The van der Waals surface area contributed by atoms with Crippen LogP contribution in [0.5, 0.6) is 0 Å². The van der Waals surface area contributed by atoms with Crippen LogP contribution >= 0.6 is 12.2 Å². The van der Waals surface area contributed by atoms with Gasteiger partial charge in [0, 0.05) is 22.2 Å². The van der Waals surface area contributed by atoms with E-state index in [2.05, 4.69) is 15.3 Å². The van der Waals surface area contributed by atoms with E-state index in [0.29, 0.717) is 11.4 Å². The first-order valence-corrected chi connectivity index (χ1v) is 7.92. The number of carbonyl (C=O) groups excluding carboxylic acids is 1. The molecule has 0 atom stereocenters. The number of hydrogen-bond acceptors (Lipinski definition) is 5. The number of aromatic nitrogens is 4. The van der Waals surface area contributed by atoms with Crippen LogP contribution in [-0.4, -0.2) is 38.2 Å². The highest BCUT2D eigenvalue weighted by molar-refractivity contribution is 7.71. The average molecular weight is 343 g/mol. The van der Waals surface area contributed by atoms with Crippen LogP contribution in [-0.2, 0) is 16.1 Å². The van der Waals surface area contributed by atoms with Crippen LogP contribution in [0.1, 0.15) is 18.2 Å². The van der Waals surface area contributed by atoms with Crippen molar-refractivity contribution in [2.45, 2.75) is 20.4 Å². The van der Waals surface area contributed by atoms with Gasteiger partial charge in [-0.1, -0.05) is 18.2 Å². The summed E-state index contributed by atoms with van der Waals surface area (Å²) in [5, 5.41) is 11.8. The first-order valence-electron chi connectivity index (χ1n) is 7.51. The number of hydrogen-bond donors (Lipinski definition) is 1. The molecule has 0 unspecified atom stereocenters. The van der Waals surface area contributed by atoms with Crippen LogP contribution < -0.4 is 0 Å². The highest BCUT2D eigenvalue weighted by Gasteiger charge is 2.15. The normalized spacial score (nSPS) is 11.4. The van der Waals surface area contributed by atoms with Gasteiger partial charge in [-0.05, 0) is 32.1 Å². The number of para-hydroxylation sites is 1. The molecule has 2 aromatic heterocycles. The molecule has 24 heavy (non-hydrogen) atoms. The molecule has 3 rings (SSSR count). The second-order valence-corrected chi connectivity index (χ2v) is 5.54. The maximum Gasteiger partial charge on any atom is 0.325 e. The first kappa shape index (κ1) is 16.1. The molecular formula is C16H17N5O2S. The van der Waals surface area contributed by atoms with E-state index < -0.39 is 0 Å². The standard InChI is InChI=1S/C16H17N5O2S/c1-3-23-15(22)9-20-11(2)13(12-6-4-5-7-14(12)20)8-18-21-10-17-19-16(21)24/h4-8,10H,3,9H2,1-2H3,(H,19,24)/b18-8-. The Labute approximate surface area is 143 Å². The number of H-pyrrole nitrogens is 1. The zero-order valence-electron chi connectivity index (χ0n) is 13.4. The van der Waals surface area contributed by atoms with E-state index in [1.54, 1.807) is 13.1 Å². The summed E-state index contributed by atoms with van der Waals surface area (Å²) in [6.07, 6.45) is 3.23. The second-order valence-electron chi connectivity index (χ2n) is 5.16. The number of nitrogens with one attached hydrogen (secondary N) is 1. The highest BCUT2D eigenvalue weighted by Crippen LogP contribution is 2.24. The second kappa shape index (κ2) is 6.79. The Morgan fingerprint density at radius 1 is 1.46 bits per heavy atom. The lowest BCUT2D eigenvalue weighted by Crippen LogP contribution is -2.14. The Balaban J connectivity index is 2.06. The predicted molar refractivity (Wildman–Crippen MR) is 93.7 cm³/mol. The SMILES string of the molecule is CCOC(=O)Cn1c(C)c(/C=N\n2cn[nH]c2=S)c2ccccc21. The van der Waals surface area contributed by atoms with Crippen molar-refractivity contribution in [3.05, 3.63) is 46.6 Å². The lowest BCUT2D eigenvalue weighted by molar-refractivity contribution is -0.143. The van der Waals surface area contributed by atoms with Gasteiger partial charge >= 0.3 is 5.97 Å². The molecule has 1 N–H and O–H groups in total. The van der Waals surface area contributed by atoms with Gasteiger partial charge in [0.2, 0.25) is 4.77 Å². The third-order valence-corrected chi connectivity index (χ3v) is 4.00. The predicted octanol–water partition coefficient (Wildman–Crippen LogP) is 2.65. The minimum atomic E-state index is -0.262. The van der Waals surface area contributed by atoms with Crippen molar-refractivity contribution in [3.8, 4) is 0 Å². The van der Waals surface area contributed by atoms with Gasteiger partial charge in [0.1, 0.15) is 12.9 Å². The maximum atomic E-state index is 11.9. The van der Waals surface area contributed by atoms with Crippen LogP contribution in [0, 0.1) is 11.7 Å². The van der Waals surface area contributed by atoms with Gasteiger partial charge in [-0.2, -0.15) is 14.9 Å². The molecule has 0 aliphatic rings. The Hall–Kier alpha value is -2.74. The minimum absolute atomic E-state index is 0.166. The van der Waals surface area contributed by atoms with Gasteiger partial charge in [0.15, 0.2) is 0 Å². The van der Waals surface area contributed by atoms with Crippen molar-refractivity contribution >= 4 is 35.3 Å². The van der Waals surface area contributed by atoms with Crippen molar-refractivity contribution in [2.75, 3.05) is 6.61 Å². The Morgan fingerprint density at radius 2 is 2.25 bits per heavy atom. The fourth-order valence-corrected chi connectivity index (χ4v) is 2.75. The van der Waals surface area contributed by atoms with Gasteiger partial charge < -0.3 is 9.30 Å². The van der Waals surface area contributed by atoms with Gasteiger partial charge in [0.25, 0.3) is 0 Å². The Bertz CT molecular complexity index is 966. The van der Waals surface area contributed by atoms with Crippen LogP contribution in [0.15, 0.2) is 35.7 Å². The van der Waals surface area contributed by atoms with Crippen LogP contribution in [0.3, 0.4) is 0 Å². The third-order valence-electron chi connectivity index (χ3n) is 3.72. The Kier molecular flexibility index (Phi) is 4.57. The molecule has 2 heterocycles. The molecule has 7 nitrogen and oxygen atoms in total. The summed E-state index contributed by atoms with van der Waals surface area (Å²) in [5.41, 5.74) is 2.82. The van der Waals surface area contributed by atoms with Crippen LogP contribution in [0.4, 0.5) is 0 Å². The summed E-state index contributed by atoms with van der Waals surface area (Å²) in [6.45, 7) is 4.28. The summed E-state index contributed by atoms with van der Waals surface area (Å²) in [4.78, 5) is 11.9. The molecule has 0 saturated carbocycles. The summed E-state index contributed by atoms with van der Waals surface area (Å²) >= 11 is 5.09. The summed E-state index contributed by atoms with van der Waals surface area (Å²) < 4.78 is 8.90. The number of rotatable bonds is 5. The zero-order chi connectivity index (χ0) is 17.1. The molecule has 1 aromatic carbocycles. The number of esters is 1. The van der Waals surface area contributed by atoms with Crippen LogP contribution in [0.2, 0.25) is 0 Å². The van der Waals surface area contributed by atoms with Crippen molar-refractivity contribution in [2.24, 2.45) is 5.10 Å². The lowest BCUT2D eigenvalue weighted by Gasteiger charge is -2.07. The van der Waals surface area contributed by atoms with Crippen molar-refractivity contribution in [1.29, 1.82) is 0 Å². The number of fused-ring (bicyclic) bond motifs is 1. The molecule has 3 aromatic rings. The molecule has 0 aliphatic heterocycles. The van der Waals surface area contributed by atoms with E-state index in [1.807, 2.05) is 35.8 Å². The number of aromatic amines is 1. The maximum absolute atomic E-state index is 11.9. The van der Waals surface area contributed by atoms with E-state index in [0.717, 1.165) is 22.2 Å². The van der Waals surface area contributed by atoms with E-state index in [4.69, 9.17) is 17.0 Å². The molecular weight excluding hydrogens is 326 g/mol. The molecule has 0 bridgehead atoms. The first-order chi connectivity index (χ1) is 11.6. The molecule has 0 amide bonds. The van der Waals surface area contributed by atoms with Gasteiger partial charge in [-0.3, -0.25) is 9.89 Å². The molecule has 0 saturated heterocycles. The van der Waals surface area contributed by atoms with Crippen molar-refractivity contribution in [1.82, 2.24) is 19.4 Å². The molecule has 124 valence electrons. The Morgan fingerprint density at radius 3 is 2.96 bits per heavy atom. The quantitative estimate of drug-likeness (QED) is 0.439.